The summed E-state index contributed by atoms with van der Waals surface area (Å²) in [5, 5.41) is 3.36. The Morgan fingerprint density at radius 2 is 2.12 bits per heavy atom. The molecule has 1 aromatic rings. The maximum atomic E-state index is 5.87. The molecular weight excluding hydrogens is 282 g/mol. The Hall–Kier alpha value is -0.320. The summed E-state index contributed by atoms with van der Waals surface area (Å²) < 4.78 is 12.5. The molecule has 0 amide bonds. The third-order valence-corrected chi connectivity index (χ3v) is 4.48. The average Bonchev–Trinajstić information content (AvgIpc) is 2.78. The van der Waals surface area contributed by atoms with Crippen LogP contribution in [0.4, 0.5) is 0 Å². The number of nitrogens with one attached hydrogen (secondary N) is 1. The molecule has 1 aliphatic carbocycles. The van der Waals surface area contributed by atoms with Crippen LogP contribution < -0.4 is 5.32 Å². The van der Waals surface area contributed by atoms with Crippen molar-refractivity contribution in [3.63, 3.8) is 0 Å². The van der Waals surface area contributed by atoms with Gasteiger partial charge in [-0.1, -0.05) is 19.3 Å². The Balaban J connectivity index is 2.29. The second-order valence-corrected chi connectivity index (χ2v) is 5.54. The van der Waals surface area contributed by atoms with E-state index in [1.165, 1.54) is 19.3 Å². The number of hydrogen-bond acceptors (Lipinski definition) is 3. The topological polar surface area (TPSA) is 34.4 Å². The lowest BCUT2D eigenvalue weighted by Crippen LogP contribution is -2.45. The molecule has 3 nitrogen and oxygen atoms in total. The standard InChI is InChI=1S/C13H20BrNO2/c1-15-12(11-10(14)6-9-17-11)13(16-2)7-4-3-5-8-13/h6,9,12,15H,3-5,7-8H2,1-2H3. The predicted octanol–water partition coefficient (Wildman–Crippen LogP) is 3.65. The number of likely N-dealkylation sites (N-methyl/N-ethyl adjacent to an activating group) is 1. The zero-order valence-electron chi connectivity index (χ0n) is 10.5. The van der Waals surface area contributed by atoms with E-state index in [0.29, 0.717) is 0 Å². The summed E-state index contributed by atoms with van der Waals surface area (Å²) in [6.45, 7) is 0. The van der Waals surface area contributed by atoms with Crippen LogP contribution in [0.25, 0.3) is 0 Å². The number of ether oxygens (including phenoxy) is 1. The van der Waals surface area contributed by atoms with Crippen molar-refractivity contribution in [3.8, 4) is 0 Å². The normalized spacial score (nSPS) is 21.4. The van der Waals surface area contributed by atoms with Crippen LogP contribution in [0, 0.1) is 0 Å². The van der Waals surface area contributed by atoms with Gasteiger partial charge in [-0.15, -0.1) is 0 Å². The maximum absolute atomic E-state index is 5.87. The van der Waals surface area contributed by atoms with Crippen molar-refractivity contribution >= 4 is 15.9 Å². The second kappa shape index (κ2) is 5.55. The highest BCUT2D eigenvalue weighted by Gasteiger charge is 2.42. The summed E-state index contributed by atoms with van der Waals surface area (Å²) in [4.78, 5) is 0. The van der Waals surface area contributed by atoms with Crippen molar-refractivity contribution < 1.29 is 9.15 Å². The Bertz CT molecular complexity index is 358. The van der Waals surface area contributed by atoms with Crippen LogP contribution >= 0.6 is 15.9 Å². The van der Waals surface area contributed by atoms with Crippen molar-refractivity contribution in [3.05, 3.63) is 22.6 Å². The molecule has 17 heavy (non-hydrogen) atoms. The molecule has 1 atom stereocenters. The summed E-state index contributed by atoms with van der Waals surface area (Å²) >= 11 is 3.54. The molecule has 1 aromatic heterocycles. The van der Waals surface area contributed by atoms with Gasteiger partial charge in [0.15, 0.2) is 0 Å². The lowest BCUT2D eigenvalue weighted by Gasteiger charge is -2.41. The van der Waals surface area contributed by atoms with E-state index in [1.54, 1.807) is 6.26 Å². The van der Waals surface area contributed by atoms with Crippen molar-refractivity contribution in [2.45, 2.75) is 43.7 Å². The van der Waals surface area contributed by atoms with Crippen molar-refractivity contribution in [2.75, 3.05) is 14.2 Å². The number of halogens is 1. The van der Waals surface area contributed by atoms with Crippen LogP contribution in [-0.2, 0) is 4.74 Å². The molecule has 1 fully saturated rings. The van der Waals surface area contributed by atoms with Gasteiger partial charge in [0.1, 0.15) is 5.76 Å². The maximum Gasteiger partial charge on any atom is 0.137 e. The minimum atomic E-state index is -0.132. The molecule has 0 radical (unpaired) electrons. The highest BCUT2D eigenvalue weighted by Crippen LogP contribution is 2.42. The van der Waals surface area contributed by atoms with Gasteiger partial charge in [-0.05, 0) is 41.9 Å². The molecule has 0 bridgehead atoms. The monoisotopic (exact) mass is 301 g/mol. The summed E-state index contributed by atoms with van der Waals surface area (Å²) in [6.07, 6.45) is 7.65. The van der Waals surface area contributed by atoms with Gasteiger partial charge >= 0.3 is 0 Å². The molecule has 1 aliphatic rings. The van der Waals surface area contributed by atoms with Gasteiger partial charge < -0.3 is 14.5 Å². The molecular formula is C13H20BrNO2. The largest absolute Gasteiger partial charge is 0.466 e. The molecule has 1 unspecified atom stereocenters. The first-order valence-electron chi connectivity index (χ1n) is 6.19. The fourth-order valence-corrected chi connectivity index (χ4v) is 3.34. The highest BCUT2D eigenvalue weighted by atomic mass is 79.9. The van der Waals surface area contributed by atoms with Gasteiger partial charge in [0.2, 0.25) is 0 Å². The van der Waals surface area contributed by atoms with E-state index in [0.717, 1.165) is 23.1 Å². The van der Waals surface area contributed by atoms with Gasteiger partial charge in [-0.25, -0.2) is 0 Å². The van der Waals surface area contributed by atoms with Gasteiger partial charge in [0.05, 0.1) is 22.4 Å². The Morgan fingerprint density at radius 3 is 2.59 bits per heavy atom. The minimum Gasteiger partial charge on any atom is -0.466 e. The molecule has 0 saturated heterocycles. The first-order valence-corrected chi connectivity index (χ1v) is 6.98. The van der Waals surface area contributed by atoms with E-state index in [9.17, 15) is 0 Å². The smallest absolute Gasteiger partial charge is 0.137 e. The van der Waals surface area contributed by atoms with E-state index >= 15 is 0 Å². The third kappa shape index (κ3) is 2.44. The first-order chi connectivity index (χ1) is 8.23. The van der Waals surface area contributed by atoms with Gasteiger partial charge in [-0.3, -0.25) is 0 Å². The fourth-order valence-electron chi connectivity index (χ4n) is 2.91. The Labute approximate surface area is 111 Å². The fraction of sp³-hybridized carbons (Fsp3) is 0.692. The van der Waals surface area contributed by atoms with Crippen LogP contribution in [0.1, 0.15) is 43.9 Å². The van der Waals surface area contributed by atoms with Crippen LogP contribution in [-0.4, -0.2) is 19.8 Å². The molecule has 0 spiro atoms. The first kappa shape index (κ1) is 13.1. The predicted molar refractivity (Wildman–Crippen MR) is 71.0 cm³/mol. The van der Waals surface area contributed by atoms with Crippen molar-refractivity contribution in [1.82, 2.24) is 5.32 Å². The molecule has 0 aliphatic heterocycles. The number of furan rings is 1. The number of methoxy groups -OCH3 is 1. The van der Waals surface area contributed by atoms with Gasteiger partial charge in [0, 0.05) is 7.11 Å². The molecule has 2 rings (SSSR count). The molecule has 1 heterocycles. The quantitative estimate of drug-likeness (QED) is 0.922. The van der Waals surface area contributed by atoms with Gasteiger partial charge in [-0.2, -0.15) is 0 Å². The van der Waals surface area contributed by atoms with Crippen molar-refractivity contribution in [1.29, 1.82) is 0 Å². The van der Waals surface area contributed by atoms with Crippen LogP contribution in [0.15, 0.2) is 21.2 Å². The summed E-state index contributed by atoms with van der Waals surface area (Å²) in [6, 6.07) is 2.04. The zero-order valence-corrected chi connectivity index (χ0v) is 12.0. The summed E-state index contributed by atoms with van der Waals surface area (Å²) in [5.74, 6) is 0.941. The number of rotatable bonds is 4. The summed E-state index contributed by atoms with van der Waals surface area (Å²) in [5.41, 5.74) is -0.132. The molecule has 96 valence electrons. The lowest BCUT2D eigenvalue weighted by atomic mass is 9.78. The second-order valence-electron chi connectivity index (χ2n) is 4.68. The lowest BCUT2D eigenvalue weighted by molar-refractivity contribution is -0.0718. The van der Waals surface area contributed by atoms with Crippen LogP contribution in [0.5, 0.6) is 0 Å². The number of hydrogen-bond donors (Lipinski definition) is 1. The van der Waals surface area contributed by atoms with E-state index in [4.69, 9.17) is 9.15 Å². The van der Waals surface area contributed by atoms with Gasteiger partial charge in [0.25, 0.3) is 0 Å². The molecule has 1 saturated carbocycles. The highest BCUT2D eigenvalue weighted by molar-refractivity contribution is 9.10. The average molecular weight is 302 g/mol. The Kier molecular flexibility index (Phi) is 4.28. The molecule has 4 heteroatoms. The van der Waals surface area contributed by atoms with E-state index in [-0.39, 0.29) is 11.6 Å². The Morgan fingerprint density at radius 1 is 1.41 bits per heavy atom. The minimum absolute atomic E-state index is 0.108. The third-order valence-electron chi connectivity index (χ3n) is 3.83. The van der Waals surface area contributed by atoms with Crippen LogP contribution in [0.2, 0.25) is 0 Å². The molecule has 1 N–H and O–H groups in total. The van der Waals surface area contributed by atoms with Crippen LogP contribution in [0.3, 0.4) is 0 Å². The van der Waals surface area contributed by atoms with E-state index in [1.807, 2.05) is 20.2 Å². The summed E-state index contributed by atoms with van der Waals surface area (Å²) in [7, 11) is 3.78. The molecule has 0 aromatic carbocycles. The zero-order chi connectivity index (χ0) is 12.3. The van der Waals surface area contributed by atoms with E-state index < -0.39 is 0 Å². The van der Waals surface area contributed by atoms with Crippen molar-refractivity contribution in [2.24, 2.45) is 0 Å². The SMILES string of the molecule is CNC(c1occc1Br)C1(OC)CCCCC1. The van der Waals surface area contributed by atoms with E-state index in [2.05, 4.69) is 21.2 Å².